The molecule has 0 bridgehead atoms. The minimum Gasteiger partial charge on any atom is -0.336 e. The van der Waals surface area contributed by atoms with Crippen molar-refractivity contribution in [3.8, 4) is 11.4 Å². The van der Waals surface area contributed by atoms with Crippen LogP contribution in [0.2, 0.25) is 5.02 Å². The lowest BCUT2D eigenvalue weighted by Gasteiger charge is -2.18. The van der Waals surface area contributed by atoms with Gasteiger partial charge in [-0.25, -0.2) is 9.97 Å². The largest absolute Gasteiger partial charge is 0.336 e. The van der Waals surface area contributed by atoms with Gasteiger partial charge >= 0.3 is 0 Å². The third kappa shape index (κ3) is 4.03. The Morgan fingerprint density at radius 3 is 2.61 bits per heavy atom. The molecule has 0 aliphatic heterocycles. The Hall–Kier alpha value is -3.25. The summed E-state index contributed by atoms with van der Waals surface area (Å²) in [6, 6.07) is 13.2. The molecule has 2 aromatic carbocycles. The van der Waals surface area contributed by atoms with Gasteiger partial charge in [-0.1, -0.05) is 35.9 Å². The Balaban J connectivity index is 1.79. The van der Waals surface area contributed by atoms with Crippen molar-refractivity contribution < 1.29 is 4.79 Å². The quantitative estimate of drug-likeness (QED) is 0.441. The highest BCUT2D eigenvalue weighted by atomic mass is 35.5. The maximum absolute atomic E-state index is 13.5. The molecule has 0 spiro atoms. The summed E-state index contributed by atoms with van der Waals surface area (Å²) in [5.41, 5.74) is 5.03. The van der Waals surface area contributed by atoms with Gasteiger partial charge in [0.25, 0.3) is 5.91 Å². The fourth-order valence-corrected chi connectivity index (χ4v) is 3.85. The predicted molar refractivity (Wildman–Crippen MR) is 123 cm³/mol. The maximum atomic E-state index is 13.5. The van der Waals surface area contributed by atoms with E-state index < -0.39 is 0 Å². The van der Waals surface area contributed by atoms with Crippen LogP contribution in [0.3, 0.4) is 0 Å². The standard InChI is InChI=1S/C24H24ClN5O/c1-5-30-16(3)17(13-26-30)14-29(4)24(31)22-20-12-18(25)10-11-21(20)27-23(28-22)19-9-7-6-8-15(19)2/h6-13H,5,14H2,1-4H3. The van der Waals surface area contributed by atoms with Gasteiger partial charge in [-0.15, -0.1) is 0 Å². The van der Waals surface area contributed by atoms with Crippen LogP contribution in [0.25, 0.3) is 22.3 Å². The van der Waals surface area contributed by atoms with E-state index in [1.807, 2.05) is 62.0 Å². The zero-order valence-electron chi connectivity index (χ0n) is 18.1. The number of amides is 1. The summed E-state index contributed by atoms with van der Waals surface area (Å²) >= 11 is 6.23. The van der Waals surface area contributed by atoms with E-state index in [4.69, 9.17) is 21.6 Å². The van der Waals surface area contributed by atoms with Crippen LogP contribution in [0, 0.1) is 13.8 Å². The van der Waals surface area contributed by atoms with Gasteiger partial charge in [-0.05, 0) is 44.5 Å². The first-order valence-corrected chi connectivity index (χ1v) is 10.6. The van der Waals surface area contributed by atoms with Crippen molar-refractivity contribution in [2.75, 3.05) is 7.05 Å². The second-order valence-electron chi connectivity index (χ2n) is 7.60. The number of aryl methyl sites for hydroxylation is 2. The number of fused-ring (bicyclic) bond motifs is 1. The zero-order valence-corrected chi connectivity index (χ0v) is 18.8. The van der Waals surface area contributed by atoms with Crippen molar-refractivity contribution in [1.29, 1.82) is 0 Å². The highest BCUT2D eigenvalue weighted by Gasteiger charge is 2.21. The molecule has 0 atom stereocenters. The third-order valence-electron chi connectivity index (χ3n) is 5.50. The van der Waals surface area contributed by atoms with Crippen molar-refractivity contribution in [2.24, 2.45) is 0 Å². The van der Waals surface area contributed by atoms with Crippen molar-refractivity contribution in [2.45, 2.75) is 33.9 Å². The van der Waals surface area contributed by atoms with Gasteiger partial charge in [-0.3, -0.25) is 9.48 Å². The van der Waals surface area contributed by atoms with Gasteiger partial charge in [0.05, 0.1) is 11.7 Å². The fourth-order valence-electron chi connectivity index (χ4n) is 3.68. The van der Waals surface area contributed by atoms with E-state index in [1.165, 1.54) is 0 Å². The molecule has 2 heterocycles. The molecule has 0 N–H and O–H groups in total. The van der Waals surface area contributed by atoms with E-state index in [0.29, 0.717) is 34.0 Å². The molecule has 0 saturated heterocycles. The van der Waals surface area contributed by atoms with Gasteiger partial charge in [0.2, 0.25) is 0 Å². The summed E-state index contributed by atoms with van der Waals surface area (Å²) in [6.07, 6.45) is 1.82. The Morgan fingerprint density at radius 1 is 1.13 bits per heavy atom. The first kappa shape index (κ1) is 21.0. The van der Waals surface area contributed by atoms with Crippen molar-refractivity contribution in [1.82, 2.24) is 24.6 Å². The van der Waals surface area contributed by atoms with Gasteiger partial charge in [0, 0.05) is 47.4 Å². The minimum absolute atomic E-state index is 0.187. The van der Waals surface area contributed by atoms with Gasteiger partial charge in [0.1, 0.15) is 5.69 Å². The maximum Gasteiger partial charge on any atom is 0.273 e. The van der Waals surface area contributed by atoms with E-state index in [1.54, 1.807) is 24.1 Å². The van der Waals surface area contributed by atoms with Gasteiger partial charge in [0.15, 0.2) is 5.82 Å². The number of hydrogen-bond acceptors (Lipinski definition) is 4. The van der Waals surface area contributed by atoms with E-state index in [2.05, 4.69) is 5.10 Å². The number of carbonyl (C=O) groups excluding carboxylic acids is 1. The first-order valence-electron chi connectivity index (χ1n) is 10.2. The number of carbonyl (C=O) groups is 1. The summed E-state index contributed by atoms with van der Waals surface area (Å²) in [5.74, 6) is 0.341. The van der Waals surface area contributed by atoms with Crippen LogP contribution >= 0.6 is 11.6 Å². The second-order valence-corrected chi connectivity index (χ2v) is 8.04. The number of nitrogens with zero attached hydrogens (tertiary/aromatic N) is 5. The number of halogens is 1. The molecule has 158 valence electrons. The lowest BCUT2D eigenvalue weighted by molar-refractivity contribution is 0.0781. The molecular weight excluding hydrogens is 410 g/mol. The molecule has 4 rings (SSSR count). The van der Waals surface area contributed by atoms with E-state index in [9.17, 15) is 4.79 Å². The van der Waals surface area contributed by atoms with Gasteiger partial charge < -0.3 is 4.90 Å². The number of benzene rings is 2. The molecule has 0 aliphatic rings. The van der Waals surface area contributed by atoms with Crippen LogP contribution in [0.5, 0.6) is 0 Å². The highest BCUT2D eigenvalue weighted by molar-refractivity contribution is 6.31. The monoisotopic (exact) mass is 433 g/mol. The molecule has 31 heavy (non-hydrogen) atoms. The van der Waals surface area contributed by atoms with Crippen molar-refractivity contribution in [3.63, 3.8) is 0 Å². The summed E-state index contributed by atoms with van der Waals surface area (Å²) in [6.45, 7) is 7.30. The summed E-state index contributed by atoms with van der Waals surface area (Å²) < 4.78 is 1.92. The van der Waals surface area contributed by atoms with Crippen molar-refractivity contribution >= 4 is 28.4 Å². The fraction of sp³-hybridized carbons (Fsp3) is 0.250. The molecule has 0 fully saturated rings. The molecule has 1 amide bonds. The molecular formula is C24H24ClN5O. The van der Waals surface area contributed by atoms with E-state index in [0.717, 1.165) is 28.9 Å². The summed E-state index contributed by atoms with van der Waals surface area (Å²) in [7, 11) is 1.77. The van der Waals surface area contributed by atoms with Crippen LogP contribution in [-0.2, 0) is 13.1 Å². The number of hydrogen-bond donors (Lipinski definition) is 0. The van der Waals surface area contributed by atoms with Crippen LogP contribution in [0.1, 0.15) is 34.2 Å². The van der Waals surface area contributed by atoms with Crippen LogP contribution in [0.15, 0.2) is 48.7 Å². The van der Waals surface area contributed by atoms with Crippen LogP contribution in [-0.4, -0.2) is 37.6 Å². The zero-order chi connectivity index (χ0) is 22.1. The molecule has 4 aromatic rings. The van der Waals surface area contributed by atoms with Crippen LogP contribution in [0.4, 0.5) is 0 Å². The average Bonchev–Trinajstić information content (AvgIpc) is 3.12. The minimum atomic E-state index is -0.187. The smallest absolute Gasteiger partial charge is 0.273 e. The first-order chi connectivity index (χ1) is 14.9. The Labute approximate surface area is 186 Å². The Morgan fingerprint density at radius 2 is 1.90 bits per heavy atom. The second kappa shape index (κ2) is 8.47. The summed E-state index contributed by atoms with van der Waals surface area (Å²) in [5, 5.41) is 5.56. The van der Waals surface area contributed by atoms with E-state index in [-0.39, 0.29) is 5.91 Å². The van der Waals surface area contributed by atoms with Crippen molar-refractivity contribution in [3.05, 3.63) is 76.2 Å². The van der Waals surface area contributed by atoms with Crippen LogP contribution < -0.4 is 0 Å². The number of aromatic nitrogens is 4. The lowest BCUT2D eigenvalue weighted by Crippen LogP contribution is -2.28. The molecule has 2 aromatic heterocycles. The predicted octanol–water partition coefficient (Wildman–Crippen LogP) is 5.06. The molecule has 0 radical (unpaired) electrons. The average molecular weight is 434 g/mol. The SMILES string of the molecule is CCn1ncc(CN(C)C(=O)c2nc(-c3ccccc3C)nc3ccc(Cl)cc23)c1C. The highest BCUT2D eigenvalue weighted by Crippen LogP contribution is 2.27. The van der Waals surface area contributed by atoms with E-state index >= 15 is 0 Å². The molecule has 0 unspecified atom stereocenters. The third-order valence-corrected chi connectivity index (χ3v) is 5.74. The normalized spacial score (nSPS) is 11.1. The Bertz CT molecular complexity index is 1280. The Kier molecular flexibility index (Phi) is 5.74. The topological polar surface area (TPSA) is 63.9 Å². The molecule has 7 heteroatoms. The molecule has 0 saturated carbocycles. The van der Waals surface area contributed by atoms with Gasteiger partial charge in [-0.2, -0.15) is 5.10 Å². The molecule has 0 aliphatic carbocycles. The number of rotatable bonds is 5. The molecule has 6 nitrogen and oxygen atoms in total. The lowest BCUT2D eigenvalue weighted by atomic mass is 10.1. The summed E-state index contributed by atoms with van der Waals surface area (Å²) in [4.78, 5) is 24.6.